The molecule has 4 rings (SSSR count). The van der Waals surface area contributed by atoms with Crippen LogP contribution in [0.25, 0.3) is 6.08 Å². The van der Waals surface area contributed by atoms with Crippen LogP contribution in [0.2, 0.25) is 0 Å². The fourth-order valence-electron chi connectivity index (χ4n) is 5.78. The summed E-state index contributed by atoms with van der Waals surface area (Å²) >= 11 is 3.42. The number of hydrogen-bond acceptors (Lipinski definition) is 5. The number of amides is 1. The van der Waals surface area contributed by atoms with E-state index >= 15 is 0 Å². The zero-order chi connectivity index (χ0) is 21.3. The Balaban J connectivity index is 1.54. The van der Waals surface area contributed by atoms with Crippen molar-refractivity contribution in [3.63, 3.8) is 0 Å². The highest BCUT2D eigenvalue weighted by atomic mass is 79.9. The Kier molecular flexibility index (Phi) is 6.46. The van der Waals surface area contributed by atoms with E-state index in [0.717, 1.165) is 35.8 Å². The van der Waals surface area contributed by atoms with Crippen LogP contribution in [0.5, 0.6) is 0 Å². The first kappa shape index (κ1) is 21.3. The zero-order valence-corrected chi connectivity index (χ0v) is 19.0. The van der Waals surface area contributed by atoms with Gasteiger partial charge in [-0.2, -0.15) is 0 Å². The minimum absolute atomic E-state index is 0.0601. The van der Waals surface area contributed by atoms with E-state index in [1.807, 2.05) is 26.0 Å². The average Bonchev–Trinajstić information content (AvgIpc) is 3.00. The first-order chi connectivity index (χ1) is 14.5. The van der Waals surface area contributed by atoms with Gasteiger partial charge in [-0.1, -0.05) is 6.08 Å². The van der Waals surface area contributed by atoms with Crippen LogP contribution in [0.4, 0.5) is 4.79 Å². The number of nitrogens with zero attached hydrogens (tertiary/aromatic N) is 1. The van der Waals surface area contributed by atoms with Gasteiger partial charge in [0.2, 0.25) is 0 Å². The van der Waals surface area contributed by atoms with Crippen LogP contribution in [0.3, 0.4) is 0 Å². The van der Waals surface area contributed by atoms with Gasteiger partial charge in [0.25, 0.3) is 0 Å². The lowest BCUT2D eigenvalue weighted by atomic mass is 9.57. The van der Waals surface area contributed by atoms with E-state index in [4.69, 9.17) is 9.47 Å². The van der Waals surface area contributed by atoms with Gasteiger partial charge in [-0.25, -0.2) is 4.79 Å². The molecule has 162 valence electrons. The standard InChI is InChI=1S/C23H29BrN2O4/c1-3-29-23(28)26-17-7-8-18-14(10-17)11-20-21(13(2)30-22(20)27)19(18)9-6-16-5-4-15(24)12-25-16/h4-6,9,12-14,17-21H,3,7-8,10-11H2,1-2H3,(H,26,28)/b9-6+/t13-,14+,17-,18-,19+,20-,21+/m1/s1. The number of carbonyl (C=O) groups excluding carboxylic acids is 2. The predicted octanol–water partition coefficient (Wildman–Crippen LogP) is 4.59. The van der Waals surface area contributed by atoms with Gasteiger partial charge >= 0.3 is 12.1 Å². The average molecular weight is 477 g/mol. The van der Waals surface area contributed by atoms with Gasteiger partial charge in [0.15, 0.2) is 0 Å². The molecule has 1 aliphatic heterocycles. The van der Waals surface area contributed by atoms with Crippen LogP contribution in [-0.4, -0.2) is 35.8 Å². The van der Waals surface area contributed by atoms with Crippen molar-refractivity contribution in [1.82, 2.24) is 10.3 Å². The molecule has 7 atom stereocenters. The first-order valence-corrected chi connectivity index (χ1v) is 11.7. The van der Waals surface area contributed by atoms with Crippen LogP contribution in [0.1, 0.15) is 45.2 Å². The normalized spacial score (nSPS) is 35.4. The van der Waals surface area contributed by atoms with Crippen molar-refractivity contribution in [2.24, 2.45) is 29.6 Å². The van der Waals surface area contributed by atoms with Crippen molar-refractivity contribution < 1.29 is 19.1 Å². The van der Waals surface area contributed by atoms with E-state index in [1.165, 1.54) is 0 Å². The molecule has 2 saturated carbocycles. The van der Waals surface area contributed by atoms with Crippen LogP contribution in [-0.2, 0) is 14.3 Å². The fourth-order valence-corrected chi connectivity index (χ4v) is 6.02. The lowest BCUT2D eigenvalue weighted by molar-refractivity contribution is -0.144. The summed E-state index contributed by atoms with van der Waals surface area (Å²) in [5, 5.41) is 3.00. The Bertz CT molecular complexity index is 812. The summed E-state index contributed by atoms with van der Waals surface area (Å²) in [5.74, 6) is 1.22. The zero-order valence-electron chi connectivity index (χ0n) is 17.4. The maximum atomic E-state index is 12.5. The molecule has 0 unspecified atom stereocenters. The minimum atomic E-state index is -0.346. The van der Waals surface area contributed by atoms with Gasteiger partial charge in [0.05, 0.1) is 18.2 Å². The molecule has 3 fully saturated rings. The summed E-state index contributed by atoms with van der Waals surface area (Å²) in [4.78, 5) is 28.9. The molecule has 1 aromatic rings. The molecule has 3 aliphatic rings. The SMILES string of the molecule is CCOC(=O)N[C@@H]1CC[C@@H]2[C@@H](C1)C[C@H]1C(=O)O[C@H](C)[C@H]1[C@H]2/C=C/c1ccc(Br)cn1. The number of rotatable bonds is 4. The lowest BCUT2D eigenvalue weighted by Gasteiger charge is -2.47. The molecule has 0 bridgehead atoms. The number of pyridine rings is 1. The van der Waals surface area contributed by atoms with Gasteiger partial charge in [-0.3, -0.25) is 9.78 Å². The Morgan fingerprint density at radius 1 is 1.37 bits per heavy atom. The van der Waals surface area contributed by atoms with Crippen LogP contribution in [0, 0.1) is 29.6 Å². The van der Waals surface area contributed by atoms with Crippen molar-refractivity contribution in [2.45, 2.75) is 51.7 Å². The van der Waals surface area contributed by atoms with E-state index in [1.54, 1.807) is 6.20 Å². The minimum Gasteiger partial charge on any atom is -0.462 e. The summed E-state index contributed by atoms with van der Waals surface area (Å²) in [5.41, 5.74) is 0.910. The summed E-state index contributed by atoms with van der Waals surface area (Å²) in [6.45, 7) is 4.20. The largest absolute Gasteiger partial charge is 0.462 e. The predicted molar refractivity (Wildman–Crippen MR) is 116 cm³/mol. The number of esters is 1. The number of halogens is 1. The number of ether oxygens (including phenoxy) is 2. The number of carbonyl (C=O) groups is 2. The monoisotopic (exact) mass is 476 g/mol. The molecule has 1 N–H and O–H groups in total. The second kappa shape index (κ2) is 9.08. The fraction of sp³-hybridized carbons (Fsp3) is 0.609. The van der Waals surface area contributed by atoms with Crippen LogP contribution >= 0.6 is 15.9 Å². The highest BCUT2D eigenvalue weighted by Gasteiger charge is 2.54. The Morgan fingerprint density at radius 2 is 2.20 bits per heavy atom. The number of nitrogens with one attached hydrogen (secondary N) is 1. The maximum Gasteiger partial charge on any atom is 0.407 e. The van der Waals surface area contributed by atoms with E-state index < -0.39 is 0 Å². The van der Waals surface area contributed by atoms with Crippen LogP contribution in [0.15, 0.2) is 28.9 Å². The van der Waals surface area contributed by atoms with Gasteiger partial charge in [-0.05, 0) is 91.4 Å². The maximum absolute atomic E-state index is 12.5. The first-order valence-electron chi connectivity index (χ1n) is 10.9. The quantitative estimate of drug-likeness (QED) is 0.643. The third kappa shape index (κ3) is 4.41. The van der Waals surface area contributed by atoms with E-state index in [2.05, 4.69) is 38.4 Å². The van der Waals surface area contributed by atoms with E-state index in [9.17, 15) is 9.59 Å². The molecule has 7 heteroatoms. The highest BCUT2D eigenvalue weighted by Crippen LogP contribution is 2.53. The van der Waals surface area contributed by atoms with Gasteiger partial charge in [0, 0.05) is 22.6 Å². The lowest BCUT2D eigenvalue weighted by Crippen LogP contribution is -2.48. The second-order valence-corrected chi connectivity index (χ2v) is 9.61. The molecular weight excluding hydrogens is 448 g/mol. The molecular formula is C23H29BrN2O4. The summed E-state index contributed by atoms with van der Waals surface area (Å²) < 4.78 is 11.7. The van der Waals surface area contributed by atoms with Gasteiger partial charge in [-0.15, -0.1) is 0 Å². The number of alkyl carbamates (subject to hydrolysis) is 1. The molecule has 2 aliphatic carbocycles. The third-order valence-electron chi connectivity index (χ3n) is 6.99. The molecule has 0 aromatic carbocycles. The molecule has 30 heavy (non-hydrogen) atoms. The van der Waals surface area contributed by atoms with E-state index in [0.29, 0.717) is 18.4 Å². The number of fused-ring (bicyclic) bond motifs is 2. The van der Waals surface area contributed by atoms with Crippen molar-refractivity contribution >= 4 is 34.1 Å². The Hall–Kier alpha value is -1.89. The van der Waals surface area contributed by atoms with E-state index in [-0.39, 0.29) is 42.0 Å². The Morgan fingerprint density at radius 3 is 2.93 bits per heavy atom. The smallest absolute Gasteiger partial charge is 0.407 e. The summed E-state index contributed by atoms with van der Waals surface area (Å²) in [7, 11) is 0. The molecule has 2 heterocycles. The van der Waals surface area contributed by atoms with Gasteiger partial charge in [0.1, 0.15) is 6.10 Å². The molecule has 0 spiro atoms. The molecule has 0 radical (unpaired) electrons. The van der Waals surface area contributed by atoms with Crippen molar-refractivity contribution in [3.8, 4) is 0 Å². The highest BCUT2D eigenvalue weighted by molar-refractivity contribution is 9.10. The van der Waals surface area contributed by atoms with Crippen molar-refractivity contribution in [2.75, 3.05) is 6.61 Å². The third-order valence-corrected chi connectivity index (χ3v) is 7.45. The number of allylic oxidation sites excluding steroid dienone is 1. The number of aromatic nitrogens is 1. The number of hydrogen-bond donors (Lipinski definition) is 1. The summed E-state index contributed by atoms with van der Waals surface area (Å²) in [6.07, 6.45) is 9.40. The van der Waals surface area contributed by atoms with Crippen molar-refractivity contribution in [1.29, 1.82) is 0 Å². The number of cyclic esters (lactones) is 1. The molecule has 6 nitrogen and oxygen atoms in total. The second-order valence-electron chi connectivity index (χ2n) is 8.70. The van der Waals surface area contributed by atoms with Gasteiger partial charge < -0.3 is 14.8 Å². The molecule has 1 amide bonds. The Labute approximate surface area is 185 Å². The topological polar surface area (TPSA) is 77.5 Å². The summed E-state index contributed by atoms with van der Waals surface area (Å²) in [6, 6.07) is 4.07. The van der Waals surface area contributed by atoms with Crippen LogP contribution < -0.4 is 5.32 Å². The van der Waals surface area contributed by atoms with Crippen molar-refractivity contribution in [3.05, 3.63) is 34.6 Å². The molecule has 1 saturated heterocycles. The molecule has 1 aromatic heterocycles.